The van der Waals surface area contributed by atoms with Gasteiger partial charge in [0.1, 0.15) is 0 Å². The molecule has 4 nitrogen and oxygen atoms in total. The number of carboxylic acids is 1. The van der Waals surface area contributed by atoms with Crippen molar-refractivity contribution >= 4 is 5.97 Å². The Morgan fingerprint density at radius 2 is 2.31 bits per heavy atom. The molecule has 0 aliphatic rings. The first-order chi connectivity index (χ1) is 6.16. The summed E-state index contributed by atoms with van der Waals surface area (Å²) in [5, 5.41) is 8.68. The molecule has 1 heterocycles. The second kappa shape index (κ2) is 3.89. The van der Waals surface area contributed by atoms with Crippen molar-refractivity contribution in [3.63, 3.8) is 0 Å². The predicted molar refractivity (Wildman–Crippen MR) is 45.9 cm³/mol. The SMILES string of the molecule is CCCc1c(C(=O)O)occc1=O. The second-order valence-corrected chi connectivity index (χ2v) is 2.65. The fourth-order valence-corrected chi connectivity index (χ4v) is 1.11. The minimum absolute atomic E-state index is 0.241. The summed E-state index contributed by atoms with van der Waals surface area (Å²) in [7, 11) is 0. The topological polar surface area (TPSA) is 67.5 Å². The van der Waals surface area contributed by atoms with E-state index in [-0.39, 0.29) is 16.8 Å². The van der Waals surface area contributed by atoms with Gasteiger partial charge in [0.05, 0.1) is 6.26 Å². The van der Waals surface area contributed by atoms with Crippen LogP contribution >= 0.6 is 0 Å². The highest BCUT2D eigenvalue weighted by atomic mass is 16.4. The summed E-state index contributed by atoms with van der Waals surface area (Å²) < 4.78 is 4.75. The molecule has 0 saturated carbocycles. The molecule has 1 N–H and O–H groups in total. The molecule has 0 atom stereocenters. The van der Waals surface area contributed by atoms with Crippen molar-refractivity contribution in [2.24, 2.45) is 0 Å². The lowest BCUT2D eigenvalue weighted by Crippen LogP contribution is -2.13. The number of hydrogen-bond acceptors (Lipinski definition) is 3. The predicted octanol–water partition coefficient (Wildman–Crippen LogP) is 1.29. The van der Waals surface area contributed by atoms with E-state index in [1.54, 1.807) is 0 Å². The minimum Gasteiger partial charge on any atom is -0.475 e. The third kappa shape index (κ3) is 1.96. The van der Waals surface area contributed by atoms with Crippen LogP contribution in [0, 0.1) is 0 Å². The lowest BCUT2D eigenvalue weighted by atomic mass is 10.1. The van der Waals surface area contributed by atoms with Crippen LogP contribution in [-0.4, -0.2) is 11.1 Å². The first-order valence-electron chi connectivity index (χ1n) is 4.00. The van der Waals surface area contributed by atoms with Gasteiger partial charge in [-0.05, 0) is 6.42 Å². The van der Waals surface area contributed by atoms with Gasteiger partial charge in [-0.15, -0.1) is 0 Å². The quantitative estimate of drug-likeness (QED) is 0.764. The van der Waals surface area contributed by atoms with E-state index >= 15 is 0 Å². The molecule has 0 amide bonds. The smallest absolute Gasteiger partial charge is 0.372 e. The molecule has 0 fully saturated rings. The molecule has 4 heteroatoms. The van der Waals surface area contributed by atoms with Crippen molar-refractivity contribution in [1.82, 2.24) is 0 Å². The van der Waals surface area contributed by atoms with E-state index < -0.39 is 5.97 Å². The van der Waals surface area contributed by atoms with E-state index in [4.69, 9.17) is 9.52 Å². The van der Waals surface area contributed by atoms with Gasteiger partial charge in [-0.3, -0.25) is 4.79 Å². The summed E-state index contributed by atoms with van der Waals surface area (Å²) in [6.07, 6.45) is 2.25. The molecule has 0 bridgehead atoms. The van der Waals surface area contributed by atoms with Crippen LogP contribution in [0.2, 0.25) is 0 Å². The summed E-state index contributed by atoms with van der Waals surface area (Å²) in [5.41, 5.74) is -0.0250. The maximum absolute atomic E-state index is 11.2. The summed E-state index contributed by atoms with van der Waals surface area (Å²) in [6.45, 7) is 1.87. The van der Waals surface area contributed by atoms with E-state index in [2.05, 4.69) is 0 Å². The lowest BCUT2D eigenvalue weighted by molar-refractivity contribution is 0.0657. The van der Waals surface area contributed by atoms with Crippen molar-refractivity contribution in [3.8, 4) is 0 Å². The van der Waals surface area contributed by atoms with Crippen molar-refractivity contribution < 1.29 is 14.3 Å². The zero-order chi connectivity index (χ0) is 9.84. The van der Waals surface area contributed by atoms with Crippen LogP contribution in [0.3, 0.4) is 0 Å². The van der Waals surface area contributed by atoms with Gasteiger partial charge in [0.2, 0.25) is 5.76 Å². The van der Waals surface area contributed by atoms with Gasteiger partial charge in [-0.1, -0.05) is 13.3 Å². The van der Waals surface area contributed by atoms with E-state index in [0.717, 1.165) is 12.7 Å². The molecular weight excluding hydrogens is 172 g/mol. The number of hydrogen-bond donors (Lipinski definition) is 1. The van der Waals surface area contributed by atoms with Crippen LogP contribution in [0.15, 0.2) is 21.5 Å². The monoisotopic (exact) mass is 182 g/mol. The standard InChI is InChI=1S/C9H10O4/c1-2-3-6-7(10)4-5-13-8(6)9(11)12/h4-5H,2-3H2,1H3,(H,11,12). The third-order valence-electron chi connectivity index (χ3n) is 1.67. The maximum Gasteiger partial charge on any atom is 0.372 e. The molecule has 0 spiro atoms. The Labute approximate surface area is 74.8 Å². The van der Waals surface area contributed by atoms with Crippen molar-refractivity contribution in [1.29, 1.82) is 0 Å². The Kier molecular flexibility index (Phi) is 2.84. The van der Waals surface area contributed by atoms with Crippen molar-refractivity contribution in [2.75, 3.05) is 0 Å². The van der Waals surface area contributed by atoms with Crippen LogP contribution in [0.1, 0.15) is 29.5 Å². The fourth-order valence-electron chi connectivity index (χ4n) is 1.11. The Bertz CT molecular complexity index is 364. The second-order valence-electron chi connectivity index (χ2n) is 2.65. The van der Waals surface area contributed by atoms with Gasteiger partial charge in [-0.2, -0.15) is 0 Å². The molecule has 0 unspecified atom stereocenters. The molecule has 0 aliphatic carbocycles. The molecule has 0 aliphatic heterocycles. The van der Waals surface area contributed by atoms with Gasteiger partial charge >= 0.3 is 5.97 Å². The summed E-state index contributed by atoms with van der Waals surface area (Å²) in [5.74, 6) is -1.43. The number of aromatic carboxylic acids is 1. The molecule has 1 aromatic rings. The van der Waals surface area contributed by atoms with Gasteiger partial charge in [0.25, 0.3) is 0 Å². The highest BCUT2D eigenvalue weighted by Gasteiger charge is 2.14. The van der Waals surface area contributed by atoms with Crippen LogP contribution < -0.4 is 5.43 Å². The van der Waals surface area contributed by atoms with Gasteiger partial charge in [0, 0.05) is 11.6 Å². The van der Waals surface area contributed by atoms with Crippen LogP contribution in [0.4, 0.5) is 0 Å². The third-order valence-corrected chi connectivity index (χ3v) is 1.67. The molecule has 70 valence electrons. The number of carbonyl (C=O) groups is 1. The first-order valence-corrected chi connectivity index (χ1v) is 4.00. The number of carboxylic acid groups (broad SMARTS) is 1. The van der Waals surface area contributed by atoms with Crippen LogP contribution in [-0.2, 0) is 6.42 Å². The molecule has 0 radical (unpaired) electrons. The van der Waals surface area contributed by atoms with E-state index in [9.17, 15) is 9.59 Å². The molecule has 0 saturated heterocycles. The van der Waals surface area contributed by atoms with Crippen molar-refractivity contribution in [3.05, 3.63) is 33.9 Å². The van der Waals surface area contributed by atoms with E-state index in [1.165, 1.54) is 6.07 Å². The Balaban J connectivity index is 3.25. The first kappa shape index (κ1) is 9.51. The maximum atomic E-state index is 11.2. The van der Waals surface area contributed by atoms with Crippen LogP contribution in [0.25, 0.3) is 0 Å². The van der Waals surface area contributed by atoms with Gasteiger partial charge < -0.3 is 9.52 Å². The minimum atomic E-state index is -1.19. The van der Waals surface area contributed by atoms with Crippen molar-refractivity contribution in [2.45, 2.75) is 19.8 Å². The largest absolute Gasteiger partial charge is 0.475 e. The van der Waals surface area contributed by atoms with Crippen LogP contribution in [0.5, 0.6) is 0 Å². The molecular formula is C9H10O4. The Morgan fingerprint density at radius 3 is 2.85 bits per heavy atom. The zero-order valence-electron chi connectivity index (χ0n) is 7.24. The van der Waals surface area contributed by atoms with Gasteiger partial charge in [0.15, 0.2) is 5.43 Å². The average molecular weight is 182 g/mol. The summed E-state index contributed by atoms with van der Waals surface area (Å²) in [6, 6.07) is 1.23. The fraction of sp³-hybridized carbons (Fsp3) is 0.333. The number of rotatable bonds is 3. The zero-order valence-corrected chi connectivity index (χ0v) is 7.24. The highest BCUT2D eigenvalue weighted by Crippen LogP contribution is 2.06. The normalized spacial score (nSPS) is 9.92. The molecule has 1 rings (SSSR count). The Morgan fingerprint density at radius 1 is 1.62 bits per heavy atom. The molecule has 0 aromatic carbocycles. The van der Waals surface area contributed by atoms with E-state index in [0.29, 0.717) is 6.42 Å². The molecule has 1 aromatic heterocycles. The average Bonchev–Trinajstić information content (AvgIpc) is 2.08. The molecule has 13 heavy (non-hydrogen) atoms. The summed E-state index contributed by atoms with van der Waals surface area (Å²) >= 11 is 0. The lowest BCUT2D eigenvalue weighted by Gasteiger charge is -2.00. The summed E-state index contributed by atoms with van der Waals surface area (Å²) in [4.78, 5) is 21.8. The Hall–Kier alpha value is -1.58. The van der Waals surface area contributed by atoms with Gasteiger partial charge in [-0.25, -0.2) is 4.79 Å². The van der Waals surface area contributed by atoms with E-state index in [1.807, 2.05) is 6.92 Å². The highest BCUT2D eigenvalue weighted by molar-refractivity contribution is 5.85.